The molecule has 1 unspecified atom stereocenters. The summed E-state index contributed by atoms with van der Waals surface area (Å²) in [7, 11) is 1.88. The van der Waals surface area contributed by atoms with Crippen molar-refractivity contribution in [3.8, 4) is 0 Å². The van der Waals surface area contributed by atoms with Crippen LogP contribution in [-0.2, 0) is 13.6 Å². The minimum absolute atomic E-state index is 0.0922. The van der Waals surface area contributed by atoms with Gasteiger partial charge in [0.15, 0.2) is 0 Å². The van der Waals surface area contributed by atoms with Gasteiger partial charge in [0.1, 0.15) is 11.9 Å². The van der Waals surface area contributed by atoms with E-state index >= 15 is 0 Å². The molecule has 0 saturated carbocycles. The maximum Gasteiger partial charge on any atom is 0.261 e. The Labute approximate surface area is 196 Å². The second-order valence-electron chi connectivity index (χ2n) is 8.16. The van der Waals surface area contributed by atoms with E-state index in [0.29, 0.717) is 28.1 Å². The zero-order chi connectivity index (χ0) is 23.7. The summed E-state index contributed by atoms with van der Waals surface area (Å²) in [5.74, 6) is -0.216. The van der Waals surface area contributed by atoms with Gasteiger partial charge < -0.3 is 9.88 Å². The van der Waals surface area contributed by atoms with Gasteiger partial charge in [0.05, 0.1) is 17.7 Å². The van der Waals surface area contributed by atoms with E-state index in [1.54, 1.807) is 54.7 Å². The number of hydrogen-bond acceptors (Lipinski definition) is 4. The van der Waals surface area contributed by atoms with E-state index < -0.39 is 6.04 Å². The van der Waals surface area contributed by atoms with Gasteiger partial charge in [0.2, 0.25) is 0 Å². The topological polar surface area (TPSA) is 84.3 Å². The predicted octanol–water partition coefficient (Wildman–Crippen LogP) is 3.74. The van der Waals surface area contributed by atoms with Gasteiger partial charge in [0.25, 0.3) is 17.7 Å². The number of imidazole rings is 1. The van der Waals surface area contributed by atoms with Gasteiger partial charge >= 0.3 is 0 Å². The summed E-state index contributed by atoms with van der Waals surface area (Å²) in [5, 5.41) is 3.08. The fourth-order valence-corrected chi connectivity index (χ4v) is 4.19. The molecule has 5 rings (SSSR count). The van der Waals surface area contributed by atoms with Crippen molar-refractivity contribution in [1.82, 2.24) is 19.8 Å². The first-order valence-electron chi connectivity index (χ1n) is 10.9. The molecule has 34 heavy (non-hydrogen) atoms. The number of fused-ring (bicyclic) bond motifs is 1. The number of carbonyl (C=O) groups excluding carboxylic acids is 3. The third-order valence-electron chi connectivity index (χ3n) is 5.93. The highest BCUT2D eigenvalue weighted by Gasteiger charge is 2.35. The highest BCUT2D eigenvalue weighted by Crippen LogP contribution is 2.25. The van der Waals surface area contributed by atoms with Crippen LogP contribution in [0.1, 0.15) is 54.1 Å². The first-order chi connectivity index (χ1) is 16.5. The van der Waals surface area contributed by atoms with Crippen LogP contribution < -0.4 is 5.32 Å². The second kappa shape index (κ2) is 8.78. The number of aromatic nitrogens is 2. The van der Waals surface area contributed by atoms with Crippen LogP contribution in [0, 0.1) is 0 Å². The lowest BCUT2D eigenvalue weighted by atomic mass is 10.0. The first kappa shape index (κ1) is 21.3. The van der Waals surface area contributed by atoms with Crippen molar-refractivity contribution in [2.24, 2.45) is 7.05 Å². The van der Waals surface area contributed by atoms with Gasteiger partial charge in [-0.25, -0.2) is 4.98 Å². The molecule has 0 radical (unpaired) electrons. The van der Waals surface area contributed by atoms with Crippen LogP contribution in [0.2, 0.25) is 0 Å². The van der Waals surface area contributed by atoms with E-state index in [1.807, 2.05) is 48.1 Å². The number of imide groups is 1. The van der Waals surface area contributed by atoms with E-state index in [2.05, 4.69) is 10.3 Å². The van der Waals surface area contributed by atoms with E-state index in [-0.39, 0.29) is 24.3 Å². The van der Waals surface area contributed by atoms with Crippen molar-refractivity contribution in [2.75, 3.05) is 0 Å². The molecule has 1 aromatic heterocycles. The molecule has 0 saturated heterocycles. The Morgan fingerprint density at radius 2 is 1.59 bits per heavy atom. The number of benzene rings is 3. The quantitative estimate of drug-likeness (QED) is 0.454. The van der Waals surface area contributed by atoms with Crippen LogP contribution in [0.15, 0.2) is 91.3 Å². The minimum Gasteiger partial charge on any atom is -0.338 e. The van der Waals surface area contributed by atoms with Crippen molar-refractivity contribution >= 4 is 17.7 Å². The van der Waals surface area contributed by atoms with Crippen molar-refractivity contribution in [3.63, 3.8) is 0 Å². The van der Waals surface area contributed by atoms with Crippen LogP contribution in [-0.4, -0.2) is 32.2 Å². The summed E-state index contributed by atoms with van der Waals surface area (Å²) < 4.78 is 1.87. The van der Waals surface area contributed by atoms with E-state index in [1.165, 1.54) is 4.90 Å². The Balaban J connectivity index is 1.38. The Bertz CT molecular complexity index is 1360. The molecule has 1 aliphatic rings. The first-order valence-corrected chi connectivity index (χ1v) is 10.9. The molecule has 7 nitrogen and oxygen atoms in total. The molecule has 2 heterocycles. The Morgan fingerprint density at radius 1 is 0.912 bits per heavy atom. The molecule has 168 valence electrons. The normalized spacial score (nSPS) is 13.6. The Morgan fingerprint density at radius 3 is 2.24 bits per heavy atom. The van der Waals surface area contributed by atoms with Crippen LogP contribution in [0.4, 0.5) is 0 Å². The smallest absolute Gasteiger partial charge is 0.261 e. The summed E-state index contributed by atoms with van der Waals surface area (Å²) in [6.07, 6.45) is 3.53. The molecule has 7 heteroatoms. The zero-order valence-electron chi connectivity index (χ0n) is 18.5. The number of nitrogens with zero attached hydrogens (tertiary/aromatic N) is 3. The highest BCUT2D eigenvalue weighted by atomic mass is 16.2. The molecule has 3 aromatic carbocycles. The highest BCUT2D eigenvalue weighted by molar-refractivity contribution is 6.21. The second-order valence-corrected chi connectivity index (χ2v) is 8.16. The minimum atomic E-state index is -0.436. The molecule has 1 N–H and O–H groups in total. The number of rotatable bonds is 6. The lowest BCUT2D eigenvalue weighted by molar-refractivity contribution is 0.0642. The fraction of sp³-hybridized carbons (Fsp3) is 0.111. The van der Waals surface area contributed by atoms with Crippen molar-refractivity contribution in [2.45, 2.75) is 12.6 Å². The molecular formula is C27H22N4O3. The van der Waals surface area contributed by atoms with Crippen LogP contribution >= 0.6 is 0 Å². The largest absolute Gasteiger partial charge is 0.338 e. The zero-order valence-corrected chi connectivity index (χ0v) is 18.5. The van der Waals surface area contributed by atoms with Crippen LogP contribution in [0.3, 0.4) is 0 Å². The molecule has 0 spiro atoms. The number of carbonyl (C=O) groups is 3. The maximum absolute atomic E-state index is 13.2. The summed E-state index contributed by atoms with van der Waals surface area (Å²) in [6, 6.07) is 23.0. The molecule has 0 aliphatic carbocycles. The third kappa shape index (κ3) is 3.88. The fourth-order valence-electron chi connectivity index (χ4n) is 4.19. The molecular weight excluding hydrogens is 428 g/mol. The molecule has 1 aliphatic heterocycles. The number of aryl methyl sites for hydroxylation is 1. The van der Waals surface area contributed by atoms with Crippen LogP contribution in [0.25, 0.3) is 0 Å². The summed E-state index contributed by atoms with van der Waals surface area (Å²) in [4.78, 5) is 44.3. The van der Waals surface area contributed by atoms with Crippen LogP contribution in [0.5, 0.6) is 0 Å². The molecule has 4 aromatic rings. The summed E-state index contributed by atoms with van der Waals surface area (Å²) in [5.41, 5.74) is 2.84. The molecule has 0 fully saturated rings. The van der Waals surface area contributed by atoms with Crippen molar-refractivity contribution < 1.29 is 14.4 Å². The standard InChI is InChI=1S/C27H22N4O3/c1-30-15-14-28-24(30)23(19-9-3-2-4-10-19)29-25(32)20-11-7-8-18(16-20)17-31-26(33)21-12-5-6-13-22(21)27(31)34/h2-16,23H,17H2,1H3,(H,29,32). The van der Waals surface area contributed by atoms with Crippen molar-refractivity contribution in [3.05, 3.63) is 125 Å². The van der Waals surface area contributed by atoms with E-state index in [0.717, 1.165) is 5.56 Å². The average molecular weight is 450 g/mol. The number of amides is 3. The predicted molar refractivity (Wildman–Crippen MR) is 126 cm³/mol. The number of hydrogen-bond donors (Lipinski definition) is 1. The summed E-state index contributed by atoms with van der Waals surface area (Å²) in [6.45, 7) is 0.0922. The third-order valence-corrected chi connectivity index (χ3v) is 5.93. The van der Waals surface area contributed by atoms with Gasteiger partial charge in [0, 0.05) is 25.0 Å². The molecule has 3 amide bonds. The van der Waals surface area contributed by atoms with Gasteiger partial charge in [-0.2, -0.15) is 0 Å². The monoisotopic (exact) mass is 450 g/mol. The average Bonchev–Trinajstić information content (AvgIpc) is 3.40. The lowest BCUT2D eigenvalue weighted by Gasteiger charge is -2.20. The Kier molecular flexibility index (Phi) is 5.51. The molecule has 0 bridgehead atoms. The van der Waals surface area contributed by atoms with Crippen molar-refractivity contribution in [1.29, 1.82) is 0 Å². The van der Waals surface area contributed by atoms with Gasteiger partial charge in [-0.3, -0.25) is 19.3 Å². The van der Waals surface area contributed by atoms with Gasteiger partial charge in [-0.05, 0) is 35.4 Å². The summed E-state index contributed by atoms with van der Waals surface area (Å²) >= 11 is 0. The van der Waals surface area contributed by atoms with E-state index in [4.69, 9.17) is 0 Å². The molecule has 1 atom stereocenters. The van der Waals surface area contributed by atoms with Gasteiger partial charge in [-0.1, -0.05) is 54.6 Å². The number of nitrogens with one attached hydrogen (secondary N) is 1. The Hall–Kier alpha value is -4.52. The lowest BCUT2D eigenvalue weighted by Crippen LogP contribution is -2.31. The maximum atomic E-state index is 13.2. The van der Waals surface area contributed by atoms with Gasteiger partial charge in [-0.15, -0.1) is 0 Å². The van der Waals surface area contributed by atoms with E-state index in [9.17, 15) is 14.4 Å². The SMILES string of the molecule is Cn1ccnc1C(NC(=O)c1cccc(CN2C(=O)c3ccccc3C2=O)c1)c1ccccc1.